The predicted molar refractivity (Wildman–Crippen MR) is 132 cm³/mol. The van der Waals surface area contributed by atoms with Crippen LogP contribution in [0.3, 0.4) is 0 Å². The molecule has 200 valence electrons. The Labute approximate surface area is 220 Å². The maximum absolute atomic E-state index is 12.9. The largest absolute Gasteiger partial charge is 0.507 e. The van der Waals surface area contributed by atoms with Crippen molar-refractivity contribution in [3.8, 4) is 46.2 Å². The number of aromatic nitrogens is 3. The zero-order valence-electron chi connectivity index (χ0n) is 20.1. The van der Waals surface area contributed by atoms with Crippen molar-refractivity contribution in [3.05, 3.63) is 46.2 Å². The highest BCUT2D eigenvalue weighted by molar-refractivity contribution is 7.71. The van der Waals surface area contributed by atoms with Crippen LogP contribution in [0.25, 0.3) is 17.1 Å². The van der Waals surface area contributed by atoms with Crippen LogP contribution in [0.1, 0.15) is 18.1 Å². The number of carbonyl (C=O) groups excluding carboxylic acids is 1. The molecular weight excluding hydrogens is 525 g/mol. The fourth-order valence-corrected chi connectivity index (χ4v) is 4.16. The summed E-state index contributed by atoms with van der Waals surface area (Å²) in [6.07, 6.45) is -5.54. The number of alkyl halides is 3. The lowest BCUT2D eigenvalue weighted by molar-refractivity contribution is -0.189. The van der Waals surface area contributed by atoms with Gasteiger partial charge in [-0.05, 0) is 42.9 Å². The molecule has 2 heterocycles. The molecule has 3 N–H and O–H groups in total. The molecule has 0 radical (unpaired) electrons. The average molecular weight is 549 g/mol. The SMILES string of the molecule is CC#CCc1c(O)c(OC(=O)C(F)(F)F)cc(-c2n[nH]c(=S)n2-c2ccc(CN3CCOCC3)cc2)c1O. The van der Waals surface area contributed by atoms with Crippen molar-refractivity contribution in [1.29, 1.82) is 0 Å². The second-order valence-electron chi connectivity index (χ2n) is 8.33. The molecule has 38 heavy (non-hydrogen) atoms. The van der Waals surface area contributed by atoms with Gasteiger partial charge < -0.3 is 19.7 Å². The van der Waals surface area contributed by atoms with Crippen LogP contribution in [0.5, 0.6) is 17.2 Å². The number of nitrogens with zero attached hydrogens (tertiary/aromatic N) is 3. The number of hydrogen-bond donors (Lipinski definition) is 3. The molecule has 1 saturated heterocycles. The van der Waals surface area contributed by atoms with Gasteiger partial charge in [0.05, 0.1) is 24.3 Å². The standard InChI is InChI=1S/C25H23F3N4O5S/c1-2-3-4-17-20(33)18(13-19(21(17)34)37-23(35)25(26,27)28)22-29-30-24(38)32(22)16-7-5-15(6-8-16)14-31-9-11-36-12-10-31/h5-8,13,33-34H,4,9-12,14H2,1H3,(H,30,38). The number of rotatable bonds is 6. The number of halogens is 3. The van der Waals surface area contributed by atoms with E-state index < -0.39 is 29.4 Å². The number of esters is 1. The Hall–Kier alpha value is -3.86. The fourth-order valence-electron chi connectivity index (χ4n) is 3.93. The average Bonchev–Trinajstić information content (AvgIpc) is 3.27. The summed E-state index contributed by atoms with van der Waals surface area (Å²) in [5.41, 5.74) is 1.23. The van der Waals surface area contributed by atoms with Crippen LogP contribution in [0.4, 0.5) is 13.2 Å². The number of phenolic OH excluding ortho intramolecular Hbond substituents is 2. The van der Waals surface area contributed by atoms with Crippen LogP contribution in [0, 0.1) is 16.6 Å². The molecule has 1 fully saturated rings. The van der Waals surface area contributed by atoms with Crippen molar-refractivity contribution in [2.75, 3.05) is 26.3 Å². The third-order valence-corrected chi connectivity index (χ3v) is 6.10. The summed E-state index contributed by atoms with van der Waals surface area (Å²) in [5, 5.41) is 28.2. The van der Waals surface area contributed by atoms with Crippen molar-refractivity contribution in [3.63, 3.8) is 0 Å². The second-order valence-corrected chi connectivity index (χ2v) is 8.72. The molecular formula is C25H23F3N4O5S. The van der Waals surface area contributed by atoms with E-state index in [9.17, 15) is 28.2 Å². The molecule has 4 rings (SSSR count). The Morgan fingerprint density at radius 3 is 2.53 bits per heavy atom. The molecule has 1 aromatic heterocycles. The lowest BCUT2D eigenvalue weighted by atomic mass is 10.0. The number of aromatic amines is 1. The second kappa shape index (κ2) is 11.3. The molecule has 2 aromatic carbocycles. The summed E-state index contributed by atoms with van der Waals surface area (Å²) in [5.74, 6) is 0.523. The van der Waals surface area contributed by atoms with Gasteiger partial charge in [0.15, 0.2) is 22.1 Å². The molecule has 0 atom stereocenters. The van der Waals surface area contributed by atoms with Crippen LogP contribution in [0.15, 0.2) is 30.3 Å². The zero-order chi connectivity index (χ0) is 27.4. The number of carbonyl (C=O) groups is 1. The van der Waals surface area contributed by atoms with Crippen LogP contribution >= 0.6 is 12.2 Å². The lowest BCUT2D eigenvalue weighted by Crippen LogP contribution is -2.35. The smallest absolute Gasteiger partial charge is 0.491 e. The third kappa shape index (κ3) is 5.83. The van der Waals surface area contributed by atoms with Crippen molar-refractivity contribution >= 4 is 18.2 Å². The van der Waals surface area contributed by atoms with Gasteiger partial charge in [-0.25, -0.2) is 4.79 Å². The molecule has 0 unspecified atom stereocenters. The van der Waals surface area contributed by atoms with E-state index in [1.165, 1.54) is 11.5 Å². The van der Waals surface area contributed by atoms with Gasteiger partial charge in [0.1, 0.15) is 5.75 Å². The van der Waals surface area contributed by atoms with E-state index in [4.69, 9.17) is 17.0 Å². The van der Waals surface area contributed by atoms with E-state index in [0.717, 1.165) is 31.3 Å². The first-order valence-electron chi connectivity index (χ1n) is 11.4. The Bertz CT molecular complexity index is 1450. The van der Waals surface area contributed by atoms with Crippen molar-refractivity contribution in [2.24, 2.45) is 0 Å². The highest BCUT2D eigenvalue weighted by atomic mass is 32.1. The van der Waals surface area contributed by atoms with Gasteiger partial charge in [-0.15, -0.1) is 5.92 Å². The normalized spacial score (nSPS) is 14.1. The van der Waals surface area contributed by atoms with Crippen LogP contribution in [-0.2, 0) is 22.5 Å². The number of morpholine rings is 1. The molecule has 3 aromatic rings. The molecule has 0 saturated carbocycles. The monoisotopic (exact) mass is 548 g/mol. The number of hydrogen-bond acceptors (Lipinski definition) is 8. The number of phenols is 2. The molecule has 1 aliphatic rings. The molecule has 0 amide bonds. The Morgan fingerprint density at radius 2 is 1.89 bits per heavy atom. The third-order valence-electron chi connectivity index (χ3n) is 5.83. The highest BCUT2D eigenvalue weighted by Gasteiger charge is 2.42. The zero-order valence-corrected chi connectivity index (χ0v) is 20.9. The van der Waals surface area contributed by atoms with Crippen molar-refractivity contribution < 1.29 is 37.7 Å². The minimum absolute atomic E-state index is 0.0171. The summed E-state index contributed by atoms with van der Waals surface area (Å²) in [4.78, 5) is 13.8. The lowest BCUT2D eigenvalue weighted by Gasteiger charge is -2.26. The maximum atomic E-state index is 12.9. The molecule has 0 bridgehead atoms. The summed E-state index contributed by atoms with van der Waals surface area (Å²) in [6, 6.07) is 8.27. The Balaban J connectivity index is 1.76. The Morgan fingerprint density at radius 1 is 1.21 bits per heavy atom. The molecule has 0 aliphatic carbocycles. The first-order chi connectivity index (χ1) is 18.1. The Kier molecular flexibility index (Phi) is 8.05. The summed E-state index contributed by atoms with van der Waals surface area (Å²) >= 11 is 5.38. The summed E-state index contributed by atoms with van der Waals surface area (Å²) in [6.45, 7) is 5.23. The summed E-state index contributed by atoms with van der Waals surface area (Å²) < 4.78 is 50.0. The number of ether oxygens (including phenoxy) is 2. The number of nitrogens with one attached hydrogen (secondary N) is 1. The predicted octanol–water partition coefficient (Wildman–Crippen LogP) is 3.87. The van der Waals surface area contributed by atoms with E-state index in [0.29, 0.717) is 18.9 Å². The quantitative estimate of drug-likeness (QED) is 0.184. The van der Waals surface area contributed by atoms with Gasteiger partial charge in [0, 0.05) is 31.7 Å². The van der Waals surface area contributed by atoms with Crippen LogP contribution < -0.4 is 4.74 Å². The van der Waals surface area contributed by atoms with Gasteiger partial charge in [-0.2, -0.15) is 18.3 Å². The topological polar surface area (TPSA) is 113 Å². The van der Waals surface area contributed by atoms with Gasteiger partial charge in [0.25, 0.3) is 0 Å². The first kappa shape index (κ1) is 27.2. The first-order valence-corrected chi connectivity index (χ1v) is 11.8. The summed E-state index contributed by atoms with van der Waals surface area (Å²) in [7, 11) is 0. The van der Waals surface area contributed by atoms with Gasteiger partial charge in [0.2, 0.25) is 0 Å². The molecule has 0 spiro atoms. The van der Waals surface area contributed by atoms with Crippen molar-refractivity contribution in [1.82, 2.24) is 19.7 Å². The number of benzene rings is 2. The van der Waals surface area contributed by atoms with E-state index in [1.54, 1.807) is 12.1 Å². The highest BCUT2D eigenvalue weighted by Crippen LogP contribution is 2.44. The van der Waals surface area contributed by atoms with Gasteiger partial charge >= 0.3 is 12.1 Å². The van der Waals surface area contributed by atoms with E-state index in [-0.39, 0.29) is 28.1 Å². The van der Waals surface area contributed by atoms with Crippen LogP contribution in [-0.4, -0.2) is 68.3 Å². The minimum Gasteiger partial charge on any atom is -0.507 e. The van der Waals surface area contributed by atoms with Gasteiger partial charge in [-0.1, -0.05) is 18.1 Å². The maximum Gasteiger partial charge on any atom is 0.491 e. The van der Waals surface area contributed by atoms with Crippen LogP contribution in [0.2, 0.25) is 0 Å². The fraction of sp³-hybridized carbons (Fsp3) is 0.320. The van der Waals surface area contributed by atoms with E-state index >= 15 is 0 Å². The number of H-pyrrole nitrogens is 1. The minimum atomic E-state index is -5.31. The van der Waals surface area contributed by atoms with E-state index in [2.05, 4.69) is 31.7 Å². The number of aromatic hydroxyl groups is 2. The van der Waals surface area contributed by atoms with Crippen molar-refractivity contribution in [2.45, 2.75) is 26.1 Å². The molecule has 9 nitrogen and oxygen atoms in total. The molecule has 1 aliphatic heterocycles. The van der Waals surface area contributed by atoms with Gasteiger partial charge in [-0.3, -0.25) is 14.6 Å². The van der Waals surface area contributed by atoms with E-state index in [1.807, 2.05) is 12.1 Å². The molecule has 13 heteroatoms.